The molecule has 8 N–H and O–H groups in total. The Hall–Kier alpha value is -3.77. The number of imidazole rings is 1. The number of aromatic amines is 1. The Bertz CT molecular complexity index is 905. The van der Waals surface area contributed by atoms with Gasteiger partial charge < -0.3 is 36.9 Å². The van der Waals surface area contributed by atoms with Crippen LogP contribution in [0.4, 0.5) is 0 Å². The maximum absolute atomic E-state index is 12.8. The molecule has 0 fully saturated rings. The Morgan fingerprint density at radius 2 is 1.62 bits per heavy atom. The van der Waals surface area contributed by atoms with Crippen molar-refractivity contribution >= 4 is 23.7 Å². The number of aliphatic hydroxyl groups excluding tert-OH is 1. The predicted molar refractivity (Wildman–Crippen MR) is 112 cm³/mol. The Morgan fingerprint density at radius 1 is 0.969 bits per heavy atom. The SMILES string of the molecule is NCC(=O)NC(Cc1ccccc1)C(=O)NC(CO)C(=O)NC(Cc1cnc[nH]1)C(=O)O. The Balaban J connectivity index is 2.06. The maximum atomic E-state index is 12.8. The molecule has 0 spiro atoms. The number of carbonyl (C=O) groups excluding carboxylic acids is 3. The first kappa shape index (κ1) is 24.5. The van der Waals surface area contributed by atoms with Gasteiger partial charge in [-0.3, -0.25) is 14.4 Å². The van der Waals surface area contributed by atoms with Gasteiger partial charge in [-0.1, -0.05) is 30.3 Å². The molecule has 32 heavy (non-hydrogen) atoms. The van der Waals surface area contributed by atoms with E-state index in [0.717, 1.165) is 5.56 Å². The third kappa shape index (κ3) is 7.49. The first-order chi connectivity index (χ1) is 15.3. The van der Waals surface area contributed by atoms with Gasteiger partial charge in [0.05, 0.1) is 19.5 Å². The molecule has 1 aromatic heterocycles. The van der Waals surface area contributed by atoms with Gasteiger partial charge in [-0.25, -0.2) is 9.78 Å². The van der Waals surface area contributed by atoms with E-state index in [9.17, 15) is 29.4 Å². The lowest BCUT2D eigenvalue weighted by Crippen LogP contribution is -2.58. The number of nitrogens with two attached hydrogens (primary N) is 1. The van der Waals surface area contributed by atoms with Crippen molar-refractivity contribution in [3.8, 4) is 0 Å². The minimum absolute atomic E-state index is 0.0731. The monoisotopic (exact) mass is 446 g/mol. The zero-order valence-corrected chi connectivity index (χ0v) is 17.2. The smallest absolute Gasteiger partial charge is 0.326 e. The van der Waals surface area contributed by atoms with Crippen LogP contribution in [0, 0.1) is 0 Å². The Labute approximate surface area is 183 Å². The van der Waals surface area contributed by atoms with E-state index >= 15 is 0 Å². The molecular weight excluding hydrogens is 420 g/mol. The van der Waals surface area contributed by atoms with E-state index in [0.29, 0.717) is 5.69 Å². The number of aliphatic hydroxyl groups is 1. The van der Waals surface area contributed by atoms with Gasteiger partial charge in [0.1, 0.15) is 18.1 Å². The van der Waals surface area contributed by atoms with E-state index in [4.69, 9.17) is 5.73 Å². The molecule has 0 saturated heterocycles. The molecule has 0 aliphatic rings. The average molecular weight is 446 g/mol. The van der Waals surface area contributed by atoms with Crippen LogP contribution in [0.1, 0.15) is 11.3 Å². The number of nitrogens with one attached hydrogen (secondary N) is 4. The number of hydrogen-bond acceptors (Lipinski definition) is 7. The zero-order chi connectivity index (χ0) is 23.5. The van der Waals surface area contributed by atoms with Crippen LogP contribution in [0.2, 0.25) is 0 Å². The van der Waals surface area contributed by atoms with Crippen LogP contribution in [-0.2, 0) is 32.0 Å². The number of hydrogen-bond donors (Lipinski definition) is 7. The molecule has 12 nitrogen and oxygen atoms in total. The van der Waals surface area contributed by atoms with Gasteiger partial charge in [0, 0.05) is 24.7 Å². The number of nitrogens with zero attached hydrogens (tertiary/aromatic N) is 1. The lowest BCUT2D eigenvalue weighted by Gasteiger charge is -2.23. The van der Waals surface area contributed by atoms with Gasteiger partial charge in [0.25, 0.3) is 0 Å². The minimum Gasteiger partial charge on any atom is -0.480 e. The molecule has 1 heterocycles. The lowest BCUT2D eigenvalue weighted by atomic mass is 10.0. The number of carbonyl (C=O) groups is 4. The Morgan fingerprint density at radius 3 is 2.19 bits per heavy atom. The van der Waals surface area contributed by atoms with E-state index in [2.05, 4.69) is 25.9 Å². The second-order valence-corrected chi connectivity index (χ2v) is 6.94. The second kappa shape index (κ2) is 12.2. The van der Waals surface area contributed by atoms with Gasteiger partial charge >= 0.3 is 5.97 Å². The highest BCUT2D eigenvalue weighted by atomic mass is 16.4. The fourth-order valence-electron chi connectivity index (χ4n) is 2.87. The van der Waals surface area contributed by atoms with E-state index in [1.165, 1.54) is 12.5 Å². The molecule has 0 bridgehead atoms. The first-order valence-corrected chi connectivity index (χ1v) is 9.79. The highest BCUT2D eigenvalue weighted by Gasteiger charge is 2.29. The van der Waals surface area contributed by atoms with Gasteiger partial charge in [0.15, 0.2) is 0 Å². The molecule has 0 radical (unpaired) electrons. The molecule has 3 unspecified atom stereocenters. The number of carboxylic acids is 1. The molecule has 0 saturated carbocycles. The van der Waals surface area contributed by atoms with E-state index in [-0.39, 0.29) is 19.4 Å². The molecule has 1 aromatic carbocycles. The fraction of sp³-hybridized carbons (Fsp3) is 0.350. The van der Waals surface area contributed by atoms with Crippen molar-refractivity contribution < 1.29 is 29.4 Å². The minimum atomic E-state index is -1.43. The van der Waals surface area contributed by atoms with Crippen LogP contribution in [0.25, 0.3) is 0 Å². The number of amides is 3. The second-order valence-electron chi connectivity index (χ2n) is 6.94. The van der Waals surface area contributed by atoms with Crippen molar-refractivity contribution in [2.45, 2.75) is 31.0 Å². The summed E-state index contributed by atoms with van der Waals surface area (Å²) in [6.45, 7) is -1.12. The fourth-order valence-corrected chi connectivity index (χ4v) is 2.87. The molecule has 0 aliphatic heterocycles. The maximum Gasteiger partial charge on any atom is 0.326 e. The summed E-state index contributed by atoms with van der Waals surface area (Å²) < 4.78 is 0. The number of aromatic nitrogens is 2. The summed E-state index contributed by atoms with van der Waals surface area (Å²) in [5.41, 5.74) is 6.55. The number of H-pyrrole nitrogens is 1. The molecule has 0 aliphatic carbocycles. The Kier molecular flexibility index (Phi) is 9.32. The number of rotatable bonds is 12. The van der Waals surface area contributed by atoms with E-state index in [1.54, 1.807) is 30.3 Å². The first-order valence-electron chi connectivity index (χ1n) is 9.79. The largest absolute Gasteiger partial charge is 0.480 e. The van der Waals surface area contributed by atoms with Crippen LogP contribution in [0.3, 0.4) is 0 Å². The van der Waals surface area contributed by atoms with E-state index < -0.39 is 48.4 Å². The summed E-state index contributed by atoms with van der Waals surface area (Å²) in [4.78, 5) is 55.1. The average Bonchev–Trinajstić information content (AvgIpc) is 3.30. The molecule has 2 rings (SSSR count). The third-order valence-electron chi connectivity index (χ3n) is 4.53. The quantitative estimate of drug-likeness (QED) is 0.188. The number of benzene rings is 1. The summed E-state index contributed by atoms with van der Waals surface area (Å²) in [7, 11) is 0. The zero-order valence-electron chi connectivity index (χ0n) is 17.2. The van der Waals surface area contributed by atoms with E-state index in [1.807, 2.05) is 0 Å². The summed E-state index contributed by atoms with van der Waals surface area (Å²) in [6, 6.07) is 5.05. The third-order valence-corrected chi connectivity index (χ3v) is 4.53. The van der Waals surface area contributed by atoms with Gasteiger partial charge in [0.2, 0.25) is 17.7 Å². The topological polar surface area (TPSA) is 200 Å². The standard InChI is InChI=1S/C20H26N6O6/c21-8-17(28)24-14(6-12-4-2-1-3-5-12)18(29)26-16(10-27)19(30)25-15(20(31)32)7-13-9-22-11-23-13/h1-5,9,11,14-16,27H,6-8,10,21H2,(H,22,23)(H,24,28)(H,25,30)(H,26,29)(H,31,32). The normalized spacial score (nSPS) is 13.4. The highest BCUT2D eigenvalue weighted by molar-refractivity contribution is 5.93. The van der Waals surface area contributed by atoms with Crippen molar-refractivity contribution in [3.05, 3.63) is 54.1 Å². The predicted octanol–water partition coefficient (Wildman–Crippen LogP) is -2.32. The number of carboxylic acid groups (broad SMARTS) is 1. The van der Waals surface area contributed by atoms with Gasteiger partial charge in [-0.05, 0) is 5.56 Å². The highest BCUT2D eigenvalue weighted by Crippen LogP contribution is 2.05. The summed E-state index contributed by atoms with van der Waals surface area (Å²) in [5, 5.41) is 26.1. The lowest BCUT2D eigenvalue weighted by molar-refractivity contribution is -0.142. The van der Waals surface area contributed by atoms with Crippen molar-refractivity contribution in [1.29, 1.82) is 0 Å². The summed E-state index contributed by atoms with van der Waals surface area (Å²) >= 11 is 0. The van der Waals surface area contributed by atoms with Crippen LogP contribution < -0.4 is 21.7 Å². The number of aliphatic carboxylic acids is 1. The van der Waals surface area contributed by atoms with Crippen molar-refractivity contribution in [1.82, 2.24) is 25.9 Å². The van der Waals surface area contributed by atoms with Crippen LogP contribution >= 0.6 is 0 Å². The molecule has 12 heteroatoms. The molecule has 172 valence electrons. The molecule has 3 atom stereocenters. The van der Waals surface area contributed by atoms with Gasteiger partial charge in [-0.15, -0.1) is 0 Å². The van der Waals surface area contributed by atoms with Crippen LogP contribution in [0.15, 0.2) is 42.9 Å². The molecular formula is C20H26N6O6. The summed E-state index contributed by atoms with van der Waals surface area (Å²) in [6.07, 6.45) is 2.84. The summed E-state index contributed by atoms with van der Waals surface area (Å²) in [5.74, 6) is -3.49. The molecule has 2 aromatic rings. The van der Waals surface area contributed by atoms with Gasteiger partial charge in [-0.2, -0.15) is 0 Å². The molecule has 3 amide bonds. The van der Waals surface area contributed by atoms with Crippen molar-refractivity contribution in [2.75, 3.05) is 13.2 Å². The van der Waals surface area contributed by atoms with Crippen molar-refractivity contribution in [2.24, 2.45) is 5.73 Å². The van der Waals surface area contributed by atoms with Crippen LogP contribution in [0.5, 0.6) is 0 Å². The van der Waals surface area contributed by atoms with Crippen LogP contribution in [-0.4, -0.2) is 75.1 Å². The van der Waals surface area contributed by atoms with Crippen molar-refractivity contribution in [3.63, 3.8) is 0 Å².